The van der Waals surface area contributed by atoms with Crippen LogP contribution in [0.3, 0.4) is 0 Å². The zero-order valence-electron chi connectivity index (χ0n) is 7.17. The van der Waals surface area contributed by atoms with Crippen molar-refractivity contribution in [3.05, 3.63) is 33.3 Å². The van der Waals surface area contributed by atoms with E-state index < -0.39 is 11.7 Å². The van der Waals surface area contributed by atoms with Crippen molar-refractivity contribution >= 4 is 15.9 Å². The van der Waals surface area contributed by atoms with Crippen LogP contribution in [0.15, 0.2) is 16.6 Å². The molecule has 72 valence electrons. The van der Waals surface area contributed by atoms with Crippen LogP contribution in [0.4, 0.5) is 13.2 Å². The van der Waals surface area contributed by atoms with Gasteiger partial charge in [-0.15, -0.1) is 0 Å². The molecule has 0 unspecified atom stereocenters. The molecule has 0 fully saturated rings. The molecule has 0 amide bonds. The first-order valence-corrected chi connectivity index (χ1v) is 4.46. The van der Waals surface area contributed by atoms with E-state index >= 15 is 0 Å². The fraction of sp³-hybridized carbons (Fsp3) is 0.333. The van der Waals surface area contributed by atoms with Crippen LogP contribution in [0.25, 0.3) is 0 Å². The summed E-state index contributed by atoms with van der Waals surface area (Å²) < 4.78 is 37.1. The monoisotopic (exact) mass is 252 g/mol. The summed E-state index contributed by atoms with van der Waals surface area (Å²) in [5.41, 5.74) is 0.866. The van der Waals surface area contributed by atoms with Crippen molar-refractivity contribution in [3.8, 4) is 0 Å². The van der Waals surface area contributed by atoms with E-state index in [-0.39, 0.29) is 4.47 Å². The maximum Gasteiger partial charge on any atom is 0.417 e. The first kappa shape index (κ1) is 10.6. The average molecular weight is 253 g/mol. The van der Waals surface area contributed by atoms with Gasteiger partial charge < -0.3 is 0 Å². The summed E-state index contributed by atoms with van der Waals surface area (Å²) in [5, 5.41) is 0. The fourth-order valence-electron chi connectivity index (χ4n) is 1.00. The molecular formula is C9H8BrF3. The summed E-state index contributed by atoms with van der Waals surface area (Å²) in [7, 11) is 0. The van der Waals surface area contributed by atoms with Gasteiger partial charge >= 0.3 is 6.18 Å². The molecule has 0 aliphatic rings. The second-order valence-corrected chi connectivity index (χ2v) is 3.66. The van der Waals surface area contributed by atoms with Gasteiger partial charge in [0.2, 0.25) is 0 Å². The molecule has 0 N–H and O–H groups in total. The maximum absolute atomic E-state index is 12.3. The van der Waals surface area contributed by atoms with Gasteiger partial charge in [0.15, 0.2) is 0 Å². The Morgan fingerprint density at radius 3 is 2.15 bits per heavy atom. The molecule has 1 aromatic carbocycles. The standard InChI is InChI=1S/C9H8BrF3/c1-5-3-4-7(9(11,12)13)8(10)6(5)2/h3-4H,1-2H3. The van der Waals surface area contributed by atoms with E-state index in [0.717, 1.165) is 11.6 Å². The number of alkyl halides is 3. The summed E-state index contributed by atoms with van der Waals surface area (Å²) in [6.07, 6.45) is -4.28. The first-order valence-electron chi connectivity index (χ1n) is 3.67. The lowest BCUT2D eigenvalue weighted by Gasteiger charge is -2.12. The van der Waals surface area contributed by atoms with Crippen molar-refractivity contribution in [1.29, 1.82) is 0 Å². The third-order valence-corrected chi connectivity index (χ3v) is 2.98. The van der Waals surface area contributed by atoms with E-state index in [2.05, 4.69) is 15.9 Å². The van der Waals surface area contributed by atoms with Gasteiger partial charge in [0.1, 0.15) is 0 Å². The molecule has 0 nitrogen and oxygen atoms in total. The Labute approximate surface area is 82.9 Å². The van der Waals surface area contributed by atoms with Crippen LogP contribution in [-0.4, -0.2) is 0 Å². The quantitative estimate of drug-likeness (QED) is 0.653. The molecule has 0 bridgehead atoms. The van der Waals surface area contributed by atoms with Gasteiger partial charge in [-0.2, -0.15) is 13.2 Å². The Hall–Kier alpha value is -0.510. The number of benzene rings is 1. The molecule has 0 saturated carbocycles. The topological polar surface area (TPSA) is 0 Å². The van der Waals surface area contributed by atoms with Crippen molar-refractivity contribution in [3.63, 3.8) is 0 Å². The van der Waals surface area contributed by atoms with E-state index in [0.29, 0.717) is 5.56 Å². The molecule has 1 rings (SSSR count). The largest absolute Gasteiger partial charge is 0.417 e. The lowest BCUT2D eigenvalue weighted by Crippen LogP contribution is -2.07. The summed E-state index contributed by atoms with van der Waals surface area (Å²) in [5.74, 6) is 0. The van der Waals surface area contributed by atoms with Crippen LogP contribution in [0.2, 0.25) is 0 Å². The number of aryl methyl sites for hydroxylation is 1. The van der Waals surface area contributed by atoms with Crippen LogP contribution < -0.4 is 0 Å². The van der Waals surface area contributed by atoms with E-state index in [1.165, 1.54) is 6.07 Å². The van der Waals surface area contributed by atoms with Gasteiger partial charge in [-0.05, 0) is 47.0 Å². The van der Waals surface area contributed by atoms with E-state index in [9.17, 15) is 13.2 Å². The van der Waals surface area contributed by atoms with Gasteiger partial charge in [0, 0.05) is 4.47 Å². The SMILES string of the molecule is Cc1ccc(C(F)(F)F)c(Br)c1C. The van der Waals surface area contributed by atoms with Crippen molar-refractivity contribution in [2.75, 3.05) is 0 Å². The Morgan fingerprint density at radius 1 is 1.15 bits per heavy atom. The van der Waals surface area contributed by atoms with Crippen molar-refractivity contribution in [2.24, 2.45) is 0 Å². The van der Waals surface area contributed by atoms with Crippen LogP contribution in [0.1, 0.15) is 16.7 Å². The van der Waals surface area contributed by atoms with Gasteiger partial charge in [-0.3, -0.25) is 0 Å². The molecule has 0 heterocycles. The molecule has 13 heavy (non-hydrogen) atoms. The molecule has 1 aromatic rings. The van der Waals surface area contributed by atoms with Crippen molar-refractivity contribution in [1.82, 2.24) is 0 Å². The second kappa shape index (κ2) is 3.33. The molecule has 0 saturated heterocycles. The number of hydrogen-bond donors (Lipinski definition) is 0. The highest BCUT2D eigenvalue weighted by atomic mass is 79.9. The van der Waals surface area contributed by atoms with Gasteiger partial charge in [-0.1, -0.05) is 6.07 Å². The summed E-state index contributed by atoms with van der Waals surface area (Å²) in [6, 6.07) is 2.56. The molecule has 0 aliphatic carbocycles. The van der Waals surface area contributed by atoms with Gasteiger partial charge in [0.25, 0.3) is 0 Å². The van der Waals surface area contributed by atoms with E-state index in [4.69, 9.17) is 0 Å². The maximum atomic E-state index is 12.3. The minimum Gasteiger partial charge on any atom is -0.166 e. The van der Waals surface area contributed by atoms with Crippen LogP contribution in [0.5, 0.6) is 0 Å². The Kier molecular flexibility index (Phi) is 2.71. The lowest BCUT2D eigenvalue weighted by atomic mass is 10.1. The molecule has 0 radical (unpaired) electrons. The number of rotatable bonds is 0. The molecule has 0 aromatic heterocycles. The summed E-state index contributed by atoms with van der Waals surface area (Å²) >= 11 is 2.95. The Balaban J connectivity index is 3.35. The van der Waals surface area contributed by atoms with Crippen molar-refractivity contribution < 1.29 is 13.2 Å². The highest BCUT2D eigenvalue weighted by molar-refractivity contribution is 9.10. The first-order chi connectivity index (χ1) is 5.84. The zero-order valence-corrected chi connectivity index (χ0v) is 8.75. The molecule has 0 spiro atoms. The zero-order chi connectivity index (χ0) is 10.2. The minimum absolute atomic E-state index is 0.139. The van der Waals surface area contributed by atoms with Crippen LogP contribution >= 0.6 is 15.9 Å². The number of halogens is 4. The average Bonchev–Trinajstić information content (AvgIpc) is 1.98. The smallest absolute Gasteiger partial charge is 0.166 e. The van der Waals surface area contributed by atoms with E-state index in [1.807, 2.05) is 0 Å². The van der Waals surface area contributed by atoms with Gasteiger partial charge in [-0.25, -0.2) is 0 Å². The Bertz CT molecular complexity index is 328. The van der Waals surface area contributed by atoms with Crippen molar-refractivity contribution in [2.45, 2.75) is 20.0 Å². The third-order valence-electron chi connectivity index (χ3n) is 1.96. The normalized spacial score (nSPS) is 11.8. The lowest BCUT2D eigenvalue weighted by molar-refractivity contribution is -0.138. The highest BCUT2D eigenvalue weighted by Gasteiger charge is 2.33. The second-order valence-electron chi connectivity index (χ2n) is 2.87. The van der Waals surface area contributed by atoms with Crippen LogP contribution in [0, 0.1) is 13.8 Å². The van der Waals surface area contributed by atoms with E-state index in [1.54, 1.807) is 13.8 Å². The third kappa shape index (κ3) is 2.05. The van der Waals surface area contributed by atoms with Crippen LogP contribution in [-0.2, 0) is 6.18 Å². The molecule has 0 atom stereocenters. The predicted molar refractivity (Wildman–Crippen MR) is 48.6 cm³/mol. The highest BCUT2D eigenvalue weighted by Crippen LogP contribution is 2.37. The number of hydrogen-bond acceptors (Lipinski definition) is 0. The molecular weight excluding hydrogens is 245 g/mol. The minimum atomic E-state index is -4.28. The summed E-state index contributed by atoms with van der Waals surface area (Å²) in [6.45, 7) is 3.44. The molecule has 4 heteroatoms. The molecule has 0 aliphatic heterocycles. The Morgan fingerprint density at radius 2 is 1.69 bits per heavy atom. The summed E-state index contributed by atoms with van der Waals surface area (Å²) in [4.78, 5) is 0. The predicted octanol–water partition coefficient (Wildman–Crippen LogP) is 4.08. The van der Waals surface area contributed by atoms with Gasteiger partial charge in [0.05, 0.1) is 5.56 Å². The fourth-order valence-corrected chi connectivity index (χ4v) is 1.67.